The molecule has 0 aliphatic carbocycles. The van der Waals surface area contributed by atoms with E-state index >= 15 is 0 Å². The van der Waals surface area contributed by atoms with Crippen molar-refractivity contribution in [1.29, 1.82) is 0 Å². The van der Waals surface area contributed by atoms with Crippen LogP contribution in [0.5, 0.6) is 0 Å². The molecule has 0 atom stereocenters. The van der Waals surface area contributed by atoms with Crippen LogP contribution in [0.25, 0.3) is 0 Å². The van der Waals surface area contributed by atoms with Crippen LogP contribution in [0, 0.1) is 5.82 Å². The van der Waals surface area contributed by atoms with Crippen LogP contribution in [0.2, 0.25) is 0 Å². The smallest absolute Gasteiger partial charge is 0.123 e. The van der Waals surface area contributed by atoms with E-state index in [9.17, 15) is 4.39 Å². The number of rotatable bonds is 8. The van der Waals surface area contributed by atoms with E-state index < -0.39 is 0 Å². The minimum absolute atomic E-state index is 0.188. The van der Waals surface area contributed by atoms with E-state index in [1.807, 2.05) is 0 Å². The summed E-state index contributed by atoms with van der Waals surface area (Å²) in [5.41, 5.74) is 2.24. The minimum atomic E-state index is -0.188. The molecule has 0 amide bonds. The molecule has 106 valence electrons. The van der Waals surface area contributed by atoms with Gasteiger partial charge in [0.25, 0.3) is 0 Å². The number of allylic oxidation sites excluding steroid dienone is 1. The number of methoxy groups -OCH3 is 1. The van der Waals surface area contributed by atoms with Crippen molar-refractivity contribution in [1.82, 2.24) is 5.32 Å². The molecular formula is C15H21BrFNO. The van der Waals surface area contributed by atoms with Gasteiger partial charge in [-0.05, 0) is 50.1 Å². The summed E-state index contributed by atoms with van der Waals surface area (Å²) < 4.78 is 19.1. The number of nitrogens with one attached hydrogen (secondary N) is 1. The molecule has 0 fully saturated rings. The van der Waals surface area contributed by atoms with Gasteiger partial charge in [-0.25, -0.2) is 4.39 Å². The van der Waals surface area contributed by atoms with E-state index in [1.54, 1.807) is 19.2 Å². The zero-order chi connectivity index (χ0) is 14.1. The Morgan fingerprint density at radius 2 is 2.21 bits per heavy atom. The largest absolute Gasteiger partial charge is 0.383 e. The van der Waals surface area contributed by atoms with E-state index in [0.717, 1.165) is 42.6 Å². The predicted octanol–water partition coefficient (Wildman–Crippen LogP) is 3.70. The van der Waals surface area contributed by atoms with Gasteiger partial charge in [0.2, 0.25) is 0 Å². The summed E-state index contributed by atoms with van der Waals surface area (Å²) in [4.78, 5) is 0. The first-order valence-electron chi connectivity index (χ1n) is 6.42. The molecule has 0 aliphatic rings. The zero-order valence-corrected chi connectivity index (χ0v) is 13.1. The van der Waals surface area contributed by atoms with Crippen LogP contribution in [0.15, 0.2) is 34.3 Å². The maximum Gasteiger partial charge on any atom is 0.123 e. The van der Waals surface area contributed by atoms with Gasteiger partial charge in [-0.1, -0.05) is 27.6 Å². The first-order chi connectivity index (χ1) is 9.13. The lowest BCUT2D eigenvalue weighted by atomic mass is 10.1. The second-order valence-corrected chi connectivity index (χ2v) is 5.35. The lowest BCUT2D eigenvalue weighted by molar-refractivity contribution is 0.199. The normalized spacial score (nSPS) is 11.9. The summed E-state index contributed by atoms with van der Waals surface area (Å²) >= 11 is 3.45. The van der Waals surface area contributed by atoms with E-state index in [0.29, 0.717) is 0 Å². The third-order valence-corrected chi connectivity index (χ3v) is 3.55. The Hall–Kier alpha value is -0.710. The van der Waals surface area contributed by atoms with E-state index in [1.165, 1.54) is 11.6 Å². The molecule has 0 aliphatic heterocycles. The van der Waals surface area contributed by atoms with Crippen molar-refractivity contribution in [2.24, 2.45) is 0 Å². The van der Waals surface area contributed by atoms with Crippen LogP contribution < -0.4 is 5.32 Å². The molecule has 1 rings (SSSR count). The van der Waals surface area contributed by atoms with Crippen molar-refractivity contribution in [2.75, 3.05) is 26.8 Å². The van der Waals surface area contributed by atoms with Gasteiger partial charge in [-0.3, -0.25) is 0 Å². The monoisotopic (exact) mass is 329 g/mol. The zero-order valence-electron chi connectivity index (χ0n) is 11.5. The van der Waals surface area contributed by atoms with Crippen LogP contribution in [-0.4, -0.2) is 26.8 Å². The van der Waals surface area contributed by atoms with E-state index in [4.69, 9.17) is 4.74 Å². The molecule has 0 bridgehead atoms. The highest BCUT2D eigenvalue weighted by molar-refractivity contribution is 9.10. The van der Waals surface area contributed by atoms with Crippen molar-refractivity contribution >= 4 is 15.9 Å². The molecule has 0 aromatic heterocycles. The average Bonchev–Trinajstić information content (AvgIpc) is 2.38. The molecule has 19 heavy (non-hydrogen) atoms. The highest BCUT2D eigenvalue weighted by atomic mass is 79.9. The number of hydrogen-bond donors (Lipinski definition) is 1. The average molecular weight is 330 g/mol. The second-order valence-electron chi connectivity index (χ2n) is 4.49. The molecule has 1 aromatic carbocycles. The number of benzene rings is 1. The second kappa shape index (κ2) is 9.23. The molecule has 2 nitrogen and oxygen atoms in total. The summed E-state index contributed by atoms with van der Waals surface area (Å²) in [6.45, 7) is 4.62. The Morgan fingerprint density at radius 3 is 2.95 bits per heavy atom. The number of ether oxygens (including phenoxy) is 1. The van der Waals surface area contributed by atoms with Crippen LogP contribution in [0.4, 0.5) is 4.39 Å². The Bertz CT molecular complexity index is 421. The molecular weight excluding hydrogens is 309 g/mol. The highest BCUT2D eigenvalue weighted by Crippen LogP contribution is 2.20. The van der Waals surface area contributed by atoms with Gasteiger partial charge in [0, 0.05) is 18.1 Å². The SMILES string of the molecule is COCCNCCC=C(C)Cc1cc(F)ccc1Br. The maximum atomic E-state index is 13.2. The summed E-state index contributed by atoms with van der Waals surface area (Å²) in [6.07, 6.45) is 3.94. The van der Waals surface area contributed by atoms with Gasteiger partial charge in [-0.15, -0.1) is 0 Å². The fraction of sp³-hybridized carbons (Fsp3) is 0.467. The standard InChI is InChI=1S/C15H21BrFNO/c1-12(4-3-7-18-8-9-19-2)10-13-11-14(17)5-6-15(13)16/h4-6,11,18H,3,7-10H2,1-2H3. The van der Waals surface area contributed by atoms with Crippen molar-refractivity contribution in [3.63, 3.8) is 0 Å². The molecule has 1 N–H and O–H groups in total. The number of hydrogen-bond acceptors (Lipinski definition) is 2. The number of halogens is 2. The lowest BCUT2D eigenvalue weighted by Gasteiger charge is -2.06. The molecule has 0 radical (unpaired) electrons. The fourth-order valence-corrected chi connectivity index (χ4v) is 2.16. The maximum absolute atomic E-state index is 13.2. The first kappa shape index (κ1) is 16.3. The van der Waals surface area contributed by atoms with Crippen LogP contribution in [0.3, 0.4) is 0 Å². The molecule has 0 saturated heterocycles. The van der Waals surface area contributed by atoms with Gasteiger partial charge in [0.1, 0.15) is 5.82 Å². The molecule has 4 heteroatoms. The summed E-state index contributed by atoms with van der Waals surface area (Å²) in [6, 6.07) is 4.80. The van der Waals surface area contributed by atoms with Gasteiger partial charge < -0.3 is 10.1 Å². The van der Waals surface area contributed by atoms with Crippen LogP contribution in [-0.2, 0) is 11.2 Å². The molecule has 0 heterocycles. The van der Waals surface area contributed by atoms with Gasteiger partial charge in [0.05, 0.1) is 6.61 Å². The van der Waals surface area contributed by atoms with Crippen molar-refractivity contribution in [3.8, 4) is 0 Å². The Kier molecular flexibility index (Phi) is 7.94. The first-order valence-corrected chi connectivity index (χ1v) is 7.22. The van der Waals surface area contributed by atoms with Crippen LogP contribution in [0.1, 0.15) is 18.9 Å². The Labute approximate surface area is 123 Å². The Balaban J connectivity index is 2.37. The van der Waals surface area contributed by atoms with Gasteiger partial charge in [0.15, 0.2) is 0 Å². The quantitative estimate of drug-likeness (QED) is 0.580. The molecule has 0 saturated carbocycles. The third kappa shape index (κ3) is 6.85. The summed E-state index contributed by atoms with van der Waals surface area (Å²) in [5.74, 6) is -0.188. The van der Waals surface area contributed by atoms with Crippen LogP contribution >= 0.6 is 15.9 Å². The molecule has 0 spiro atoms. The third-order valence-electron chi connectivity index (χ3n) is 2.77. The lowest BCUT2D eigenvalue weighted by Crippen LogP contribution is -2.19. The summed E-state index contributed by atoms with van der Waals surface area (Å²) in [7, 11) is 1.70. The fourth-order valence-electron chi connectivity index (χ4n) is 1.77. The predicted molar refractivity (Wildman–Crippen MR) is 80.9 cm³/mol. The van der Waals surface area contributed by atoms with E-state index in [2.05, 4.69) is 34.2 Å². The minimum Gasteiger partial charge on any atom is -0.383 e. The van der Waals surface area contributed by atoms with Crippen molar-refractivity contribution in [2.45, 2.75) is 19.8 Å². The van der Waals surface area contributed by atoms with Gasteiger partial charge in [-0.2, -0.15) is 0 Å². The summed E-state index contributed by atoms with van der Waals surface area (Å²) in [5, 5.41) is 3.29. The van der Waals surface area contributed by atoms with E-state index in [-0.39, 0.29) is 5.82 Å². The topological polar surface area (TPSA) is 21.3 Å². The Morgan fingerprint density at radius 1 is 1.42 bits per heavy atom. The van der Waals surface area contributed by atoms with Crippen molar-refractivity contribution in [3.05, 3.63) is 45.7 Å². The molecule has 0 unspecified atom stereocenters. The van der Waals surface area contributed by atoms with Gasteiger partial charge >= 0.3 is 0 Å². The van der Waals surface area contributed by atoms with Crippen molar-refractivity contribution < 1.29 is 9.13 Å². The highest BCUT2D eigenvalue weighted by Gasteiger charge is 2.02. The molecule has 1 aromatic rings.